The molecule has 1 atom stereocenters. The second-order valence-corrected chi connectivity index (χ2v) is 7.30. The van der Waals surface area contributed by atoms with Crippen LogP contribution >= 0.6 is 23.2 Å². The van der Waals surface area contributed by atoms with Gasteiger partial charge in [-0.25, -0.2) is 14.0 Å². The van der Waals surface area contributed by atoms with E-state index in [0.717, 1.165) is 6.07 Å². The van der Waals surface area contributed by atoms with Gasteiger partial charge in [0.2, 0.25) is 0 Å². The number of ether oxygens (including phenoxy) is 2. The number of carboxylic acids is 1. The second-order valence-electron chi connectivity index (χ2n) is 6.46. The summed E-state index contributed by atoms with van der Waals surface area (Å²) in [6.07, 6.45) is -2.51. The van der Waals surface area contributed by atoms with E-state index < -0.39 is 24.0 Å². The van der Waals surface area contributed by atoms with Crippen LogP contribution in [0.4, 0.5) is 14.9 Å². The van der Waals surface area contributed by atoms with E-state index >= 15 is 0 Å². The highest BCUT2D eigenvalue weighted by atomic mass is 35.5. The largest absolute Gasteiger partial charge is 0.479 e. The van der Waals surface area contributed by atoms with Crippen molar-refractivity contribution in [3.8, 4) is 0 Å². The Bertz CT molecular complexity index is 891. The lowest BCUT2D eigenvalue weighted by Crippen LogP contribution is -2.29. The fourth-order valence-electron chi connectivity index (χ4n) is 2.47. The zero-order valence-corrected chi connectivity index (χ0v) is 17.3. The average molecular weight is 444 g/mol. The molecule has 0 heterocycles. The SMILES string of the molecule is CC(C)OC(Cc1cc(NC(=O)OCc2ccc(Cl)cc2Cl)ccc1F)C(=O)O. The molecule has 0 aliphatic carbocycles. The zero-order valence-electron chi connectivity index (χ0n) is 15.7. The van der Waals surface area contributed by atoms with Gasteiger partial charge < -0.3 is 14.6 Å². The van der Waals surface area contributed by atoms with E-state index in [-0.39, 0.29) is 30.4 Å². The lowest BCUT2D eigenvalue weighted by Gasteiger charge is -2.17. The van der Waals surface area contributed by atoms with Crippen molar-refractivity contribution < 1.29 is 28.6 Å². The first-order chi connectivity index (χ1) is 13.7. The summed E-state index contributed by atoms with van der Waals surface area (Å²) in [6.45, 7) is 3.29. The van der Waals surface area contributed by atoms with Gasteiger partial charge in [-0.2, -0.15) is 0 Å². The van der Waals surface area contributed by atoms with E-state index in [2.05, 4.69) is 5.32 Å². The van der Waals surface area contributed by atoms with Crippen molar-refractivity contribution in [3.63, 3.8) is 0 Å². The molecule has 0 aliphatic rings. The third-order valence-electron chi connectivity index (χ3n) is 3.78. The van der Waals surface area contributed by atoms with Gasteiger partial charge in [-0.05, 0) is 49.7 Å². The first-order valence-corrected chi connectivity index (χ1v) is 9.45. The van der Waals surface area contributed by atoms with Crippen molar-refractivity contribution in [1.29, 1.82) is 0 Å². The molecule has 0 spiro atoms. The highest BCUT2D eigenvalue weighted by Gasteiger charge is 2.22. The Morgan fingerprint density at radius 1 is 1.14 bits per heavy atom. The van der Waals surface area contributed by atoms with Gasteiger partial charge in [0, 0.05) is 27.7 Å². The predicted octanol–water partition coefficient (Wildman–Crippen LogP) is 5.30. The van der Waals surface area contributed by atoms with Crippen LogP contribution in [0.15, 0.2) is 36.4 Å². The number of carboxylic acid groups (broad SMARTS) is 1. The Morgan fingerprint density at radius 3 is 2.48 bits per heavy atom. The highest BCUT2D eigenvalue weighted by Crippen LogP contribution is 2.22. The number of nitrogens with one attached hydrogen (secondary N) is 1. The zero-order chi connectivity index (χ0) is 21.6. The normalized spacial score (nSPS) is 11.9. The van der Waals surface area contributed by atoms with Crippen LogP contribution in [0, 0.1) is 5.82 Å². The fraction of sp³-hybridized carbons (Fsp3) is 0.300. The summed E-state index contributed by atoms with van der Waals surface area (Å²) >= 11 is 11.8. The number of halogens is 3. The third-order valence-corrected chi connectivity index (χ3v) is 4.37. The van der Waals surface area contributed by atoms with E-state index in [9.17, 15) is 19.1 Å². The monoisotopic (exact) mass is 443 g/mol. The van der Waals surface area contributed by atoms with Gasteiger partial charge in [-0.3, -0.25) is 5.32 Å². The molecule has 2 rings (SSSR count). The van der Waals surface area contributed by atoms with E-state index in [0.29, 0.717) is 15.6 Å². The Balaban J connectivity index is 2.02. The van der Waals surface area contributed by atoms with E-state index in [4.69, 9.17) is 32.7 Å². The number of carbonyl (C=O) groups is 2. The van der Waals surface area contributed by atoms with Crippen LogP contribution in [0.3, 0.4) is 0 Å². The summed E-state index contributed by atoms with van der Waals surface area (Å²) < 4.78 is 24.5. The first-order valence-electron chi connectivity index (χ1n) is 8.70. The molecule has 0 saturated carbocycles. The summed E-state index contributed by atoms with van der Waals surface area (Å²) in [5, 5.41) is 12.5. The molecule has 0 radical (unpaired) electrons. The number of aliphatic carboxylic acids is 1. The molecule has 2 aromatic carbocycles. The number of carbonyl (C=O) groups excluding carboxylic acids is 1. The van der Waals surface area contributed by atoms with Crippen LogP contribution in [0.5, 0.6) is 0 Å². The van der Waals surface area contributed by atoms with Gasteiger partial charge in [0.15, 0.2) is 6.10 Å². The van der Waals surface area contributed by atoms with Crippen LogP contribution < -0.4 is 5.32 Å². The standard InChI is InChI=1S/C20H20Cl2FNO5/c1-11(2)29-18(19(25)26)8-13-7-15(5-6-17(13)23)24-20(27)28-10-12-3-4-14(21)9-16(12)22/h3-7,9,11,18H,8,10H2,1-2H3,(H,24,27)(H,25,26). The Labute approximate surface area is 177 Å². The minimum atomic E-state index is -1.21. The molecule has 1 unspecified atom stereocenters. The Morgan fingerprint density at radius 2 is 1.86 bits per heavy atom. The Hall–Kier alpha value is -2.35. The predicted molar refractivity (Wildman–Crippen MR) is 108 cm³/mol. The molecule has 6 nitrogen and oxygen atoms in total. The molecule has 9 heteroatoms. The number of hydrogen-bond donors (Lipinski definition) is 2. The summed E-state index contributed by atoms with van der Waals surface area (Å²) in [4.78, 5) is 23.3. The molecule has 0 saturated heterocycles. The van der Waals surface area contributed by atoms with Crippen molar-refractivity contribution in [3.05, 3.63) is 63.4 Å². The summed E-state index contributed by atoms with van der Waals surface area (Å²) in [7, 11) is 0. The van der Waals surface area contributed by atoms with Crippen molar-refractivity contribution in [2.75, 3.05) is 5.32 Å². The van der Waals surface area contributed by atoms with Crippen molar-refractivity contribution in [2.24, 2.45) is 0 Å². The Kier molecular flexibility index (Phi) is 8.25. The van der Waals surface area contributed by atoms with Crippen LogP contribution in [0.2, 0.25) is 10.0 Å². The molecule has 0 aromatic heterocycles. The van der Waals surface area contributed by atoms with Gasteiger partial charge in [0.05, 0.1) is 6.10 Å². The average Bonchev–Trinajstić information content (AvgIpc) is 2.62. The molecule has 1 amide bonds. The summed E-state index contributed by atoms with van der Waals surface area (Å²) in [5.41, 5.74) is 0.917. The molecule has 29 heavy (non-hydrogen) atoms. The third kappa shape index (κ3) is 7.20. The van der Waals surface area contributed by atoms with E-state index in [1.807, 2.05) is 0 Å². The minimum Gasteiger partial charge on any atom is -0.479 e. The van der Waals surface area contributed by atoms with Gasteiger partial charge in [-0.1, -0.05) is 29.3 Å². The van der Waals surface area contributed by atoms with Crippen LogP contribution in [-0.2, 0) is 27.3 Å². The molecular weight excluding hydrogens is 424 g/mol. The number of amides is 1. The fourth-order valence-corrected chi connectivity index (χ4v) is 2.93. The number of hydrogen-bond acceptors (Lipinski definition) is 4. The van der Waals surface area contributed by atoms with Crippen molar-refractivity contribution in [1.82, 2.24) is 0 Å². The maximum atomic E-state index is 14.1. The number of anilines is 1. The summed E-state index contributed by atoms with van der Waals surface area (Å²) in [6, 6.07) is 8.60. The first kappa shape index (κ1) is 22.9. The number of rotatable bonds is 8. The van der Waals surface area contributed by atoms with E-state index in [1.165, 1.54) is 18.2 Å². The maximum absolute atomic E-state index is 14.1. The second kappa shape index (κ2) is 10.4. The molecule has 0 bridgehead atoms. The molecule has 0 aliphatic heterocycles. The van der Waals surface area contributed by atoms with Crippen molar-refractivity contribution >= 4 is 41.0 Å². The quantitative estimate of drug-likeness (QED) is 0.577. The van der Waals surface area contributed by atoms with Crippen LogP contribution in [0.1, 0.15) is 25.0 Å². The molecular formula is C20H20Cl2FNO5. The minimum absolute atomic E-state index is 0.0841. The molecule has 2 aromatic rings. The number of benzene rings is 2. The maximum Gasteiger partial charge on any atom is 0.411 e. The molecule has 2 N–H and O–H groups in total. The topological polar surface area (TPSA) is 84.9 Å². The van der Waals surface area contributed by atoms with Crippen LogP contribution in [0.25, 0.3) is 0 Å². The molecule has 156 valence electrons. The van der Waals surface area contributed by atoms with Gasteiger partial charge in [0.1, 0.15) is 12.4 Å². The van der Waals surface area contributed by atoms with Crippen molar-refractivity contribution in [2.45, 2.75) is 39.1 Å². The van der Waals surface area contributed by atoms with Gasteiger partial charge in [0.25, 0.3) is 0 Å². The summed E-state index contributed by atoms with van der Waals surface area (Å²) in [5.74, 6) is -1.80. The van der Waals surface area contributed by atoms with E-state index in [1.54, 1.807) is 26.0 Å². The lowest BCUT2D eigenvalue weighted by molar-refractivity contribution is -0.153. The van der Waals surface area contributed by atoms with Crippen LogP contribution in [-0.4, -0.2) is 29.4 Å². The van der Waals surface area contributed by atoms with Gasteiger partial charge in [-0.15, -0.1) is 0 Å². The smallest absolute Gasteiger partial charge is 0.411 e. The molecule has 0 fully saturated rings. The highest BCUT2D eigenvalue weighted by molar-refractivity contribution is 6.35. The lowest BCUT2D eigenvalue weighted by atomic mass is 10.1. The van der Waals surface area contributed by atoms with Gasteiger partial charge >= 0.3 is 12.1 Å².